The van der Waals surface area contributed by atoms with Crippen LogP contribution in [0.15, 0.2) is 0 Å². The lowest BCUT2D eigenvalue weighted by molar-refractivity contribution is -0.166. The number of carbonyl (C=O) groups is 1. The average molecular weight is 216 g/mol. The van der Waals surface area contributed by atoms with Gasteiger partial charge in [0.25, 0.3) is 0 Å². The molecule has 1 aliphatic rings. The highest BCUT2D eigenvalue weighted by molar-refractivity contribution is 5.64. The number of primary amides is 1. The lowest BCUT2D eigenvalue weighted by atomic mass is 9.94. The maximum atomic E-state index is 10.6. The van der Waals surface area contributed by atoms with E-state index in [2.05, 4.69) is 26.1 Å². The van der Waals surface area contributed by atoms with Gasteiger partial charge < -0.3 is 15.2 Å². The van der Waals surface area contributed by atoms with E-state index >= 15 is 0 Å². The van der Waals surface area contributed by atoms with Gasteiger partial charge in [0, 0.05) is 11.8 Å². The van der Waals surface area contributed by atoms with Crippen molar-refractivity contribution in [1.29, 1.82) is 0 Å². The number of ether oxygens (including phenoxy) is 2. The molecule has 0 saturated carbocycles. The van der Waals surface area contributed by atoms with Crippen molar-refractivity contribution in [2.24, 2.45) is 11.1 Å². The first-order valence-electron chi connectivity index (χ1n) is 5.24. The zero-order chi connectivity index (χ0) is 11.5. The Kier molecular flexibility index (Phi) is 3.93. The molecule has 15 heavy (non-hydrogen) atoms. The molecule has 5 nitrogen and oxygen atoms in total. The van der Waals surface area contributed by atoms with Crippen molar-refractivity contribution in [3.05, 3.63) is 0 Å². The second-order valence-corrected chi connectivity index (χ2v) is 4.84. The predicted octanol–water partition coefficient (Wildman–Crippen LogP) is 1.18. The molecule has 0 aromatic heterocycles. The van der Waals surface area contributed by atoms with Crippen LogP contribution in [0.4, 0.5) is 4.79 Å². The van der Waals surface area contributed by atoms with Crippen LogP contribution in [0.25, 0.3) is 0 Å². The third-order valence-electron chi connectivity index (χ3n) is 2.27. The molecule has 0 aliphatic carbocycles. The second kappa shape index (κ2) is 4.81. The Morgan fingerprint density at radius 2 is 2.20 bits per heavy atom. The smallest absolute Gasteiger partial charge is 0.406 e. The fourth-order valence-electron chi connectivity index (χ4n) is 1.50. The van der Waals surface area contributed by atoms with E-state index in [0.717, 1.165) is 13.0 Å². The van der Waals surface area contributed by atoms with Crippen LogP contribution in [0.5, 0.6) is 0 Å². The first-order valence-corrected chi connectivity index (χ1v) is 5.24. The van der Waals surface area contributed by atoms with Crippen molar-refractivity contribution < 1.29 is 14.3 Å². The van der Waals surface area contributed by atoms with E-state index in [9.17, 15) is 4.79 Å². The Hall–Kier alpha value is -0.810. The summed E-state index contributed by atoms with van der Waals surface area (Å²) in [6, 6.07) is 0. The molecule has 2 unspecified atom stereocenters. The maximum absolute atomic E-state index is 10.6. The molecule has 0 spiro atoms. The van der Waals surface area contributed by atoms with Crippen LogP contribution in [0.2, 0.25) is 0 Å². The highest BCUT2D eigenvalue weighted by Crippen LogP contribution is 2.24. The van der Waals surface area contributed by atoms with Crippen LogP contribution in [0, 0.1) is 5.41 Å². The van der Waals surface area contributed by atoms with Crippen LogP contribution >= 0.6 is 0 Å². The molecule has 5 heteroatoms. The molecular formula is C10H20N2O3. The number of hydrogen-bond donors (Lipinski definition) is 2. The van der Waals surface area contributed by atoms with Crippen LogP contribution in [-0.4, -0.2) is 25.2 Å². The van der Waals surface area contributed by atoms with Gasteiger partial charge in [0.15, 0.2) is 0 Å². The number of nitrogens with two attached hydrogens (primary N) is 1. The van der Waals surface area contributed by atoms with Gasteiger partial charge in [-0.15, -0.1) is 0 Å². The number of nitrogens with one attached hydrogen (secondary N) is 1. The molecule has 2 atom stereocenters. The molecule has 1 fully saturated rings. The summed E-state index contributed by atoms with van der Waals surface area (Å²) in [5, 5.41) is 3.27. The number of amides is 1. The van der Waals surface area contributed by atoms with Gasteiger partial charge in [-0.25, -0.2) is 4.79 Å². The third kappa shape index (κ3) is 4.05. The minimum atomic E-state index is -0.783. The van der Waals surface area contributed by atoms with Gasteiger partial charge in [-0.2, -0.15) is 0 Å². The zero-order valence-corrected chi connectivity index (χ0v) is 9.58. The molecule has 0 aromatic rings. The second-order valence-electron chi connectivity index (χ2n) is 4.84. The van der Waals surface area contributed by atoms with E-state index < -0.39 is 12.4 Å². The summed E-state index contributed by atoms with van der Waals surface area (Å²) < 4.78 is 10.5. The van der Waals surface area contributed by atoms with Crippen LogP contribution in [-0.2, 0) is 9.47 Å². The minimum absolute atomic E-state index is 0.0381. The van der Waals surface area contributed by atoms with Gasteiger partial charge in [-0.3, -0.25) is 5.32 Å². The van der Waals surface area contributed by atoms with Gasteiger partial charge in [0.2, 0.25) is 6.29 Å². The molecule has 0 aromatic carbocycles. The lowest BCUT2D eigenvalue weighted by Crippen LogP contribution is -2.43. The first kappa shape index (κ1) is 12.3. The summed E-state index contributed by atoms with van der Waals surface area (Å²) in [5.74, 6) is 0. The summed E-state index contributed by atoms with van der Waals surface area (Å²) in [7, 11) is 0. The molecular weight excluding hydrogens is 196 g/mol. The molecule has 1 saturated heterocycles. The summed E-state index contributed by atoms with van der Waals surface area (Å²) in [6.45, 7) is 7.06. The van der Waals surface area contributed by atoms with Gasteiger partial charge in [-0.05, 0) is 13.0 Å². The predicted molar refractivity (Wildman–Crippen MR) is 56.0 cm³/mol. The Morgan fingerprint density at radius 1 is 1.53 bits per heavy atom. The van der Waals surface area contributed by atoms with E-state index in [4.69, 9.17) is 15.2 Å². The van der Waals surface area contributed by atoms with E-state index in [1.807, 2.05) is 0 Å². The number of rotatable bonds is 1. The van der Waals surface area contributed by atoms with Crippen molar-refractivity contribution in [3.8, 4) is 0 Å². The monoisotopic (exact) mass is 216 g/mol. The molecule has 3 N–H and O–H groups in total. The molecule has 1 amide bonds. The van der Waals surface area contributed by atoms with Crippen LogP contribution in [0.1, 0.15) is 33.6 Å². The van der Waals surface area contributed by atoms with Crippen molar-refractivity contribution in [1.82, 2.24) is 5.32 Å². The fourth-order valence-corrected chi connectivity index (χ4v) is 1.50. The Morgan fingerprint density at radius 3 is 2.73 bits per heavy atom. The standard InChI is InChI=1S/C10H20N2O3/c1-10(2,3)8-12-6-4-5-7(14-8)15-9(11)13/h7-8,12H,4-6H2,1-3H3,(H2,11,13). The van der Waals surface area contributed by atoms with Crippen molar-refractivity contribution in [2.45, 2.75) is 46.1 Å². The van der Waals surface area contributed by atoms with Crippen molar-refractivity contribution >= 4 is 6.09 Å². The normalized spacial score (nSPS) is 28.2. The van der Waals surface area contributed by atoms with E-state index in [-0.39, 0.29) is 11.6 Å². The SMILES string of the molecule is CC(C)(C)C1NCCCC(OC(N)=O)O1. The summed E-state index contributed by atoms with van der Waals surface area (Å²) in [4.78, 5) is 10.6. The minimum Gasteiger partial charge on any atom is -0.420 e. The van der Waals surface area contributed by atoms with E-state index in [1.165, 1.54) is 0 Å². The summed E-state index contributed by atoms with van der Waals surface area (Å²) >= 11 is 0. The van der Waals surface area contributed by atoms with Crippen molar-refractivity contribution in [2.75, 3.05) is 6.54 Å². The quantitative estimate of drug-likeness (QED) is 0.690. The van der Waals surface area contributed by atoms with Gasteiger partial charge in [-0.1, -0.05) is 20.8 Å². The largest absolute Gasteiger partial charge is 0.420 e. The average Bonchev–Trinajstić information content (AvgIpc) is 2.27. The lowest BCUT2D eigenvalue weighted by Gasteiger charge is -2.31. The summed E-state index contributed by atoms with van der Waals surface area (Å²) in [6.07, 6.45) is 0.160. The van der Waals surface area contributed by atoms with Crippen LogP contribution < -0.4 is 11.1 Å². The topological polar surface area (TPSA) is 73.6 Å². The molecule has 0 bridgehead atoms. The molecule has 0 radical (unpaired) electrons. The molecule has 1 rings (SSSR count). The van der Waals surface area contributed by atoms with Gasteiger partial charge in [0.1, 0.15) is 6.23 Å². The Bertz CT molecular complexity index is 225. The van der Waals surface area contributed by atoms with E-state index in [0.29, 0.717) is 6.42 Å². The Balaban J connectivity index is 2.57. The van der Waals surface area contributed by atoms with Crippen molar-refractivity contribution in [3.63, 3.8) is 0 Å². The number of hydrogen-bond acceptors (Lipinski definition) is 4. The zero-order valence-electron chi connectivity index (χ0n) is 9.58. The van der Waals surface area contributed by atoms with E-state index in [1.54, 1.807) is 0 Å². The van der Waals surface area contributed by atoms with Crippen LogP contribution in [0.3, 0.4) is 0 Å². The summed E-state index contributed by atoms with van der Waals surface area (Å²) in [5.41, 5.74) is 4.93. The molecule has 88 valence electrons. The van der Waals surface area contributed by atoms with Gasteiger partial charge >= 0.3 is 6.09 Å². The number of carbonyl (C=O) groups excluding carboxylic acids is 1. The first-order chi connectivity index (χ1) is 6.89. The Labute approximate surface area is 90.3 Å². The highest BCUT2D eigenvalue weighted by atomic mass is 16.7. The maximum Gasteiger partial charge on any atom is 0.406 e. The fraction of sp³-hybridized carbons (Fsp3) is 0.900. The molecule has 1 aliphatic heterocycles. The highest BCUT2D eigenvalue weighted by Gasteiger charge is 2.30. The third-order valence-corrected chi connectivity index (χ3v) is 2.27. The molecule has 1 heterocycles. The van der Waals surface area contributed by atoms with Gasteiger partial charge in [0.05, 0.1) is 0 Å².